The number of ether oxygens (including phenoxy) is 1. The van der Waals surface area contributed by atoms with Gasteiger partial charge in [0, 0.05) is 39.4 Å². The molecule has 0 amide bonds. The monoisotopic (exact) mass is 283 g/mol. The molecule has 1 aliphatic rings. The van der Waals surface area contributed by atoms with Crippen LogP contribution < -0.4 is 5.32 Å². The fourth-order valence-electron chi connectivity index (χ4n) is 2.42. The Morgan fingerprint density at radius 3 is 2.60 bits per heavy atom. The molecule has 20 heavy (non-hydrogen) atoms. The summed E-state index contributed by atoms with van der Waals surface area (Å²) in [5, 5.41) is 3.41. The van der Waals surface area contributed by atoms with Crippen molar-refractivity contribution in [2.75, 3.05) is 39.4 Å². The van der Waals surface area contributed by atoms with Crippen LogP contribution in [0.1, 0.15) is 53.4 Å². The molecule has 0 saturated carbocycles. The third kappa shape index (κ3) is 6.60. The van der Waals surface area contributed by atoms with Crippen LogP contribution in [0.2, 0.25) is 0 Å². The van der Waals surface area contributed by atoms with E-state index in [1.807, 2.05) is 0 Å². The molecule has 1 aliphatic heterocycles. The van der Waals surface area contributed by atoms with Crippen molar-refractivity contribution in [1.29, 1.82) is 0 Å². The van der Waals surface area contributed by atoms with Gasteiger partial charge in [0.05, 0.1) is 0 Å². The van der Waals surface area contributed by atoms with Crippen molar-refractivity contribution < 1.29 is 4.74 Å². The second-order valence-corrected chi connectivity index (χ2v) is 6.39. The number of hydrogen-bond acceptors (Lipinski definition) is 2. The van der Waals surface area contributed by atoms with Crippen LogP contribution in [0, 0.1) is 5.41 Å². The molecule has 1 heterocycles. The molecule has 0 bridgehead atoms. The van der Waals surface area contributed by atoms with Gasteiger partial charge >= 0.3 is 0 Å². The van der Waals surface area contributed by atoms with Gasteiger partial charge in [-0.3, -0.25) is 4.99 Å². The maximum atomic E-state index is 5.57. The SMILES string of the molecule is CCCCOCCCN=C(NCC)N1CCC(C)(C)C1. The molecule has 0 aromatic carbocycles. The average Bonchev–Trinajstić information content (AvgIpc) is 2.77. The number of nitrogens with zero attached hydrogens (tertiary/aromatic N) is 2. The van der Waals surface area contributed by atoms with E-state index in [2.05, 4.69) is 37.9 Å². The van der Waals surface area contributed by atoms with Crippen LogP contribution in [0.4, 0.5) is 0 Å². The van der Waals surface area contributed by atoms with Crippen LogP contribution in [0.25, 0.3) is 0 Å². The first kappa shape index (κ1) is 17.3. The zero-order chi connectivity index (χ0) is 14.8. The Bertz CT molecular complexity index is 289. The summed E-state index contributed by atoms with van der Waals surface area (Å²) >= 11 is 0. The van der Waals surface area contributed by atoms with E-state index in [-0.39, 0.29) is 0 Å². The maximum absolute atomic E-state index is 5.57. The van der Waals surface area contributed by atoms with Crippen molar-refractivity contribution in [3.8, 4) is 0 Å². The number of likely N-dealkylation sites (tertiary alicyclic amines) is 1. The van der Waals surface area contributed by atoms with E-state index in [0.717, 1.165) is 58.2 Å². The molecule has 0 atom stereocenters. The molecule has 4 heteroatoms. The molecule has 1 fully saturated rings. The number of rotatable bonds is 8. The Morgan fingerprint density at radius 2 is 2.00 bits per heavy atom. The predicted molar refractivity (Wildman–Crippen MR) is 86.3 cm³/mol. The fraction of sp³-hybridized carbons (Fsp3) is 0.938. The molecule has 0 aromatic rings. The largest absolute Gasteiger partial charge is 0.381 e. The summed E-state index contributed by atoms with van der Waals surface area (Å²) < 4.78 is 5.57. The topological polar surface area (TPSA) is 36.9 Å². The van der Waals surface area contributed by atoms with Crippen LogP contribution in [-0.4, -0.2) is 50.3 Å². The third-order valence-electron chi connectivity index (χ3n) is 3.66. The van der Waals surface area contributed by atoms with Crippen molar-refractivity contribution in [3.63, 3.8) is 0 Å². The Labute approximate surface area is 125 Å². The molecule has 118 valence electrons. The minimum atomic E-state index is 0.416. The van der Waals surface area contributed by atoms with Crippen molar-refractivity contribution >= 4 is 5.96 Å². The normalized spacial score (nSPS) is 18.6. The zero-order valence-electron chi connectivity index (χ0n) is 13.9. The number of hydrogen-bond donors (Lipinski definition) is 1. The summed E-state index contributed by atoms with van der Waals surface area (Å²) in [7, 11) is 0. The van der Waals surface area contributed by atoms with Gasteiger partial charge in [0.1, 0.15) is 0 Å². The van der Waals surface area contributed by atoms with Gasteiger partial charge in [0.2, 0.25) is 0 Å². The molecular weight excluding hydrogens is 250 g/mol. The van der Waals surface area contributed by atoms with Gasteiger partial charge in [-0.15, -0.1) is 0 Å². The summed E-state index contributed by atoms with van der Waals surface area (Å²) in [5.74, 6) is 1.08. The molecule has 0 spiro atoms. The summed E-state index contributed by atoms with van der Waals surface area (Å²) in [6.07, 6.45) is 4.62. The van der Waals surface area contributed by atoms with Gasteiger partial charge in [-0.1, -0.05) is 27.2 Å². The zero-order valence-corrected chi connectivity index (χ0v) is 13.9. The lowest BCUT2D eigenvalue weighted by Crippen LogP contribution is -2.40. The minimum Gasteiger partial charge on any atom is -0.381 e. The quantitative estimate of drug-likeness (QED) is 0.423. The summed E-state index contributed by atoms with van der Waals surface area (Å²) in [4.78, 5) is 7.12. The van der Waals surface area contributed by atoms with E-state index < -0.39 is 0 Å². The molecule has 0 aromatic heterocycles. The van der Waals surface area contributed by atoms with E-state index in [9.17, 15) is 0 Å². The van der Waals surface area contributed by atoms with E-state index in [0.29, 0.717) is 5.41 Å². The molecule has 1 N–H and O–H groups in total. The number of nitrogens with one attached hydrogen (secondary N) is 1. The van der Waals surface area contributed by atoms with Gasteiger partial charge < -0.3 is 15.0 Å². The molecule has 4 nitrogen and oxygen atoms in total. The van der Waals surface area contributed by atoms with Crippen LogP contribution in [0.5, 0.6) is 0 Å². The molecule has 1 rings (SSSR count). The molecule has 0 unspecified atom stereocenters. The number of guanidine groups is 1. The summed E-state index contributed by atoms with van der Waals surface area (Å²) in [6.45, 7) is 14.7. The van der Waals surface area contributed by atoms with Crippen molar-refractivity contribution in [2.24, 2.45) is 10.4 Å². The average molecular weight is 283 g/mol. The third-order valence-corrected chi connectivity index (χ3v) is 3.66. The lowest BCUT2D eigenvalue weighted by Gasteiger charge is -2.23. The number of aliphatic imine (C=N–C) groups is 1. The van der Waals surface area contributed by atoms with Crippen molar-refractivity contribution in [2.45, 2.75) is 53.4 Å². The lowest BCUT2D eigenvalue weighted by molar-refractivity contribution is 0.130. The van der Waals surface area contributed by atoms with Crippen LogP contribution in [0.15, 0.2) is 4.99 Å². The van der Waals surface area contributed by atoms with E-state index in [1.54, 1.807) is 0 Å². The maximum Gasteiger partial charge on any atom is 0.193 e. The Kier molecular flexibility index (Phi) is 7.97. The second kappa shape index (κ2) is 9.22. The van der Waals surface area contributed by atoms with Crippen LogP contribution >= 0.6 is 0 Å². The molecule has 0 radical (unpaired) electrons. The van der Waals surface area contributed by atoms with Gasteiger partial charge in [-0.05, 0) is 31.6 Å². The minimum absolute atomic E-state index is 0.416. The van der Waals surface area contributed by atoms with Gasteiger partial charge in [0.15, 0.2) is 5.96 Å². The lowest BCUT2D eigenvalue weighted by atomic mass is 9.93. The Morgan fingerprint density at radius 1 is 1.25 bits per heavy atom. The molecular formula is C16H33N3O. The fourth-order valence-corrected chi connectivity index (χ4v) is 2.42. The van der Waals surface area contributed by atoms with E-state index >= 15 is 0 Å². The Hall–Kier alpha value is -0.770. The number of unbranched alkanes of at least 4 members (excludes halogenated alkanes) is 1. The Balaban J connectivity index is 2.29. The molecule has 1 saturated heterocycles. The highest BCUT2D eigenvalue weighted by Gasteiger charge is 2.30. The first-order chi connectivity index (χ1) is 9.59. The smallest absolute Gasteiger partial charge is 0.193 e. The van der Waals surface area contributed by atoms with Crippen molar-refractivity contribution in [3.05, 3.63) is 0 Å². The van der Waals surface area contributed by atoms with Gasteiger partial charge in [0.25, 0.3) is 0 Å². The summed E-state index contributed by atoms with van der Waals surface area (Å²) in [6, 6.07) is 0. The predicted octanol–water partition coefficient (Wildman–Crippen LogP) is 2.89. The summed E-state index contributed by atoms with van der Waals surface area (Å²) in [5.41, 5.74) is 0.416. The van der Waals surface area contributed by atoms with E-state index in [4.69, 9.17) is 9.73 Å². The standard InChI is InChI=1S/C16H33N3O/c1-5-7-12-20-13-8-10-18-15(17-6-2)19-11-9-16(3,4)14-19/h5-14H2,1-4H3,(H,17,18). The molecule has 0 aliphatic carbocycles. The van der Waals surface area contributed by atoms with Crippen molar-refractivity contribution in [1.82, 2.24) is 10.2 Å². The first-order valence-electron chi connectivity index (χ1n) is 8.20. The highest BCUT2D eigenvalue weighted by atomic mass is 16.5. The van der Waals surface area contributed by atoms with Gasteiger partial charge in [-0.25, -0.2) is 0 Å². The highest BCUT2D eigenvalue weighted by molar-refractivity contribution is 5.80. The van der Waals surface area contributed by atoms with Crippen LogP contribution in [-0.2, 0) is 4.74 Å². The first-order valence-corrected chi connectivity index (χ1v) is 8.20. The van der Waals surface area contributed by atoms with Gasteiger partial charge in [-0.2, -0.15) is 0 Å². The second-order valence-electron chi connectivity index (χ2n) is 6.39. The highest BCUT2D eigenvalue weighted by Crippen LogP contribution is 2.28. The van der Waals surface area contributed by atoms with E-state index in [1.165, 1.54) is 12.8 Å². The van der Waals surface area contributed by atoms with Crippen LogP contribution in [0.3, 0.4) is 0 Å².